The van der Waals surface area contributed by atoms with Gasteiger partial charge >= 0.3 is 46.8 Å². The molecule has 0 bridgehead atoms. The fourth-order valence-electron chi connectivity index (χ4n) is 0. The van der Waals surface area contributed by atoms with E-state index in [1.54, 1.807) is 0 Å². The van der Waals surface area contributed by atoms with E-state index in [1.807, 2.05) is 0 Å². The summed E-state index contributed by atoms with van der Waals surface area (Å²) in [5.74, 6) is 0. The molecule has 0 atom stereocenters. The first-order chi connectivity index (χ1) is 1.00. The van der Waals surface area contributed by atoms with E-state index in [9.17, 15) is 0 Å². The van der Waals surface area contributed by atoms with Crippen molar-refractivity contribution in [2.75, 3.05) is 0 Å². The first-order valence-corrected chi connectivity index (χ1v) is 1.25. The van der Waals surface area contributed by atoms with Gasteiger partial charge in [-0.15, -0.1) is 0 Å². The second kappa shape index (κ2) is 220. The molecule has 7 heteroatoms. The van der Waals surface area contributed by atoms with Gasteiger partial charge in [0, 0.05) is 0 Å². The first kappa shape index (κ1) is 92.9. The van der Waals surface area contributed by atoms with Crippen molar-refractivity contribution in [2.45, 2.75) is 0 Å². The van der Waals surface area contributed by atoms with E-state index in [4.69, 9.17) is 0.0698 Å². The van der Waals surface area contributed by atoms with Gasteiger partial charge in [0.2, 0.25) is 0 Å². The van der Waals surface area contributed by atoms with Gasteiger partial charge in [0.05, 0.1) is 0 Å². The second-order valence-corrected chi connectivity index (χ2v) is 0. The third kappa shape index (κ3) is 154. The molecule has 7 heavy (non-hydrogen) atoms. The molecular formula is H10EuNO5. The van der Waals surface area contributed by atoms with Gasteiger partial charge in [-0.25, -0.2) is 0 Å². The summed E-state index contributed by atoms with van der Waals surface area (Å²) in [4.78, 5) is 0. The summed E-state index contributed by atoms with van der Waals surface area (Å²) in [5.41, 5.74) is 0. The van der Waals surface area contributed by atoms with Gasteiger partial charge in [-0.1, -0.05) is 0 Å². The summed E-state index contributed by atoms with van der Waals surface area (Å²) in [6, 6.07) is 0. The molecule has 52 valence electrons. The van der Waals surface area contributed by atoms with Crippen LogP contribution in [-0.2, 0) is 0 Å². The molecule has 0 amide bonds. The Hall–Kier alpha value is 1.09. The Bertz CT molecular complexity index is 12.8. The third-order valence-corrected chi connectivity index (χ3v) is 0. The molecule has 0 aliphatic rings. The van der Waals surface area contributed by atoms with Crippen LogP contribution in [0.3, 0.4) is 0 Å². The van der Waals surface area contributed by atoms with E-state index in [2.05, 4.69) is 0 Å². The fourth-order valence-corrected chi connectivity index (χ4v) is 0. The van der Waals surface area contributed by atoms with Crippen LogP contribution in [0.4, 0.5) is 0 Å². The van der Waals surface area contributed by atoms with Crippen LogP contribution >= 0.6 is 0 Å². The number of nitrogens with zero attached hydrogens (tertiary/aromatic N) is 1. The third-order valence-electron chi connectivity index (χ3n) is 0. The molecule has 0 fully saturated rings. The molecule has 0 aromatic carbocycles. The van der Waals surface area contributed by atoms with Gasteiger partial charge in [0.15, 0.2) is 0 Å². The van der Waals surface area contributed by atoms with Crippen molar-refractivity contribution in [3.05, 3.63) is 0 Å². The molecule has 6 nitrogen and oxygen atoms in total. The Kier molecular flexibility index (Phi) is 2920. The van der Waals surface area contributed by atoms with Gasteiger partial charge in [0.25, 0.3) is 0 Å². The van der Waals surface area contributed by atoms with Gasteiger partial charge in [-0.3, -0.25) is 0 Å². The van der Waals surface area contributed by atoms with Crippen LogP contribution in [-0.4, -0.2) is 27.4 Å². The van der Waals surface area contributed by atoms with E-state index in [-0.39, 0.29) is 27.4 Å². The van der Waals surface area contributed by atoms with Gasteiger partial charge in [-0.05, 0) is 0 Å². The first-order valence-electron chi connectivity index (χ1n) is 0.169. The van der Waals surface area contributed by atoms with Crippen molar-refractivity contribution < 1.29 is 74.1 Å². The minimum atomic E-state index is 0. The van der Waals surface area contributed by atoms with Crippen molar-refractivity contribution in [2.24, 2.45) is 0 Å². The maximum atomic E-state index is 7.06. The molecular weight excluding hydrogens is 246 g/mol. The Morgan fingerprint density at radius 2 is 0.571 bits per heavy atom. The molecule has 0 aliphatic carbocycles. The molecule has 0 aliphatic heterocycles. The minimum absolute atomic E-state index is 0. The Balaban J connectivity index is -0.000000000500. The maximum absolute atomic E-state index is 7.06. The van der Waals surface area contributed by atoms with Crippen LogP contribution in [0.5, 0.6) is 0 Å². The predicted octanol–water partition coefficient (Wildman–Crippen LogP) is -4.11. The average molecular weight is 256 g/mol. The summed E-state index contributed by atoms with van der Waals surface area (Å²) in [6.07, 6.45) is 0. The Labute approximate surface area is 73.2 Å². The molecule has 0 radical (unpaired) electrons. The van der Waals surface area contributed by atoms with Gasteiger partial charge < -0.3 is 27.4 Å². The van der Waals surface area contributed by atoms with Gasteiger partial charge in [0.1, 0.15) is 0 Å². The van der Waals surface area contributed by atoms with E-state index in [0.717, 1.165) is 46.7 Å². The molecule has 0 spiro atoms. The number of rotatable bonds is 0. The molecule has 0 rings (SSSR count). The summed E-state index contributed by atoms with van der Waals surface area (Å²) in [5, 5.41) is 0. The van der Waals surface area contributed by atoms with E-state index >= 15 is 0 Å². The summed E-state index contributed by atoms with van der Waals surface area (Å²) in [6.45, 7) is 0. The normalized spacial score (nSPS) is 0.429. The van der Waals surface area contributed by atoms with Crippen LogP contribution in [0.2, 0.25) is 0 Å². The summed E-state index contributed by atoms with van der Waals surface area (Å²) >= 11 is 0.722. The van der Waals surface area contributed by atoms with Crippen LogP contribution in [0.15, 0.2) is 0 Å². The SMILES string of the molecule is O.O.O.O.O.[N]#[Eu]. The topological polar surface area (TPSA) is 181 Å². The van der Waals surface area contributed by atoms with E-state index in [0.29, 0.717) is 0 Å². The van der Waals surface area contributed by atoms with Crippen molar-refractivity contribution in [1.29, 1.82) is 0.0698 Å². The second-order valence-electron chi connectivity index (χ2n) is 0. The molecule has 0 saturated heterocycles. The van der Waals surface area contributed by atoms with Crippen molar-refractivity contribution >= 4 is 0 Å². The molecule has 0 unspecified atom stereocenters. The molecule has 0 saturated carbocycles. The number of hydrogen-bond donors (Lipinski definition) is 0. The van der Waals surface area contributed by atoms with Crippen molar-refractivity contribution in [1.82, 2.24) is 0 Å². The molecule has 10 N–H and O–H groups in total. The zero-order valence-electron chi connectivity index (χ0n) is 3.33. The molecule has 0 aromatic heterocycles. The predicted molar refractivity (Wildman–Crippen MR) is 19.8 cm³/mol. The van der Waals surface area contributed by atoms with Crippen molar-refractivity contribution in [3.8, 4) is 0 Å². The summed E-state index contributed by atoms with van der Waals surface area (Å²) < 4.78 is 7.06. The standard InChI is InChI=1S/Eu.N.5H2O/h;;5*1H2. The van der Waals surface area contributed by atoms with Crippen molar-refractivity contribution in [3.63, 3.8) is 0 Å². The molecule has 0 heterocycles. The van der Waals surface area contributed by atoms with Gasteiger partial charge in [-0.2, -0.15) is 0 Å². The zero-order valence-corrected chi connectivity index (χ0v) is 5.75. The van der Waals surface area contributed by atoms with E-state index in [1.165, 1.54) is 0 Å². The fraction of sp³-hybridized carbons (Fsp3) is 0. The Morgan fingerprint density at radius 3 is 0.571 bits per heavy atom. The van der Waals surface area contributed by atoms with Crippen LogP contribution in [0.25, 0.3) is 0 Å². The van der Waals surface area contributed by atoms with Crippen LogP contribution in [0, 0.1) is 46.8 Å². The Morgan fingerprint density at radius 1 is 0.571 bits per heavy atom. The molecule has 0 aromatic rings. The monoisotopic (exact) mass is 257 g/mol. The van der Waals surface area contributed by atoms with E-state index < -0.39 is 0 Å². The van der Waals surface area contributed by atoms with Crippen LogP contribution < -0.4 is 0 Å². The summed E-state index contributed by atoms with van der Waals surface area (Å²) in [7, 11) is 0. The number of hydrogen-bond acceptors (Lipinski definition) is 1. The quantitative estimate of drug-likeness (QED) is 0.419. The average Bonchev–Trinajstić information content (AvgIpc) is 1.00. The van der Waals surface area contributed by atoms with Crippen LogP contribution in [0.1, 0.15) is 0 Å². The zero-order chi connectivity index (χ0) is 2.00.